The topological polar surface area (TPSA) is 52.0 Å². The molecule has 0 bridgehead atoms. The van der Waals surface area contributed by atoms with Gasteiger partial charge in [0.25, 0.3) is 0 Å². The largest absolute Gasteiger partial charge is 0.330 e. The van der Waals surface area contributed by atoms with Gasteiger partial charge >= 0.3 is 0 Å². The third kappa shape index (κ3) is 3.74. The van der Waals surface area contributed by atoms with Crippen molar-refractivity contribution in [2.24, 2.45) is 11.5 Å². The lowest BCUT2D eigenvalue weighted by molar-refractivity contribution is 0.481. The third-order valence-electron chi connectivity index (χ3n) is 2.10. The minimum absolute atomic E-state index is 0. The maximum atomic E-state index is 13.2. The van der Waals surface area contributed by atoms with Crippen LogP contribution in [0.15, 0.2) is 18.2 Å². The Morgan fingerprint density at radius 1 is 1.27 bits per heavy atom. The smallest absolute Gasteiger partial charge is 0.163 e. The molecule has 2 nitrogen and oxygen atoms in total. The molecule has 15 heavy (non-hydrogen) atoms. The third-order valence-corrected chi connectivity index (χ3v) is 2.10. The van der Waals surface area contributed by atoms with E-state index in [1.54, 1.807) is 0 Å². The van der Waals surface area contributed by atoms with E-state index in [0.29, 0.717) is 19.4 Å². The van der Waals surface area contributed by atoms with Crippen molar-refractivity contribution in [3.63, 3.8) is 0 Å². The highest BCUT2D eigenvalue weighted by Crippen LogP contribution is 2.20. The number of rotatable bonds is 4. The molecule has 0 aliphatic rings. The van der Waals surface area contributed by atoms with Gasteiger partial charge in [-0.3, -0.25) is 0 Å². The summed E-state index contributed by atoms with van der Waals surface area (Å²) in [7, 11) is 0. The molecule has 0 aromatic heterocycles. The Morgan fingerprint density at radius 3 is 2.53 bits per heavy atom. The van der Waals surface area contributed by atoms with Gasteiger partial charge in [-0.15, -0.1) is 12.4 Å². The molecule has 0 unspecified atom stereocenters. The van der Waals surface area contributed by atoms with Crippen LogP contribution in [0.5, 0.6) is 0 Å². The highest BCUT2D eigenvalue weighted by molar-refractivity contribution is 5.85. The molecule has 86 valence electrons. The van der Waals surface area contributed by atoms with Crippen molar-refractivity contribution in [3.8, 4) is 0 Å². The summed E-state index contributed by atoms with van der Waals surface area (Å²) in [5.74, 6) is -1.71. The van der Waals surface area contributed by atoms with Crippen LogP contribution in [0, 0.1) is 11.6 Å². The van der Waals surface area contributed by atoms with E-state index in [1.807, 2.05) is 0 Å². The minimum atomic E-state index is -0.856. The zero-order chi connectivity index (χ0) is 10.6. The fourth-order valence-electron chi connectivity index (χ4n) is 1.30. The Bertz CT molecular complexity index is 307. The first kappa shape index (κ1) is 14.3. The molecule has 0 amide bonds. The van der Waals surface area contributed by atoms with Gasteiger partial charge in [0.05, 0.1) is 0 Å². The van der Waals surface area contributed by atoms with Gasteiger partial charge in [0.1, 0.15) is 0 Å². The molecule has 1 rings (SSSR count). The molecule has 0 aliphatic carbocycles. The summed E-state index contributed by atoms with van der Waals surface area (Å²) in [5.41, 5.74) is 11.2. The molecule has 4 N–H and O–H groups in total. The zero-order valence-electron chi connectivity index (χ0n) is 8.25. The maximum absolute atomic E-state index is 13.2. The molecule has 0 aliphatic heterocycles. The Labute approximate surface area is 94.1 Å². The minimum Gasteiger partial charge on any atom is -0.330 e. The van der Waals surface area contributed by atoms with E-state index in [0.717, 1.165) is 6.07 Å². The number of hydrogen-bond acceptors (Lipinski definition) is 2. The Kier molecular flexibility index (Phi) is 6.40. The molecular weight excluding hydrogens is 222 g/mol. The first-order valence-electron chi connectivity index (χ1n) is 4.56. The number of nitrogens with two attached hydrogens (primary N) is 2. The van der Waals surface area contributed by atoms with E-state index in [9.17, 15) is 8.78 Å². The molecule has 0 saturated carbocycles. The summed E-state index contributed by atoms with van der Waals surface area (Å²) >= 11 is 0. The van der Waals surface area contributed by atoms with Crippen LogP contribution in [0.25, 0.3) is 0 Å². The van der Waals surface area contributed by atoms with Crippen LogP contribution in [0.1, 0.15) is 24.4 Å². The molecule has 0 heterocycles. The van der Waals surface area contributed by atoms with E-state index in [2.05, 4.69) is 0 Å². The fourth-order valence-corrected chi connectivity index (χ4v) is 1.30. The number of benzene rings is 1. The second-order valence-electron chi connectivity index (χ2n) is 3.18. The molecule has 0 fully saturated rings. The van der Waals surface area contributed by atoms with Gasteiger partial charge in [-0.25, -0.2) is 8.78 Å². The lowest BCUT2D eigenvalue weighted by atomic mass is 10.0. The van der Waals surface area contributed by atoms with Gasteiger partial charge in [0.2, 0.25) is 0 Å². The van der Waals surface area contributed by atoms with E-state index >= 15 is 0 Å². The SMILES string of the molecule is Cl.NCCC[C@@H](N)c1cccc(F)c1F. The van der Waals surface area contributed by atoms with Crippen LogP contribution in [-0.2, 0) is 0 Å². The molecule has 0 saturated heterocycles. The maximum Gasteiger partial charge on any atom is 0.163 e. The summed E-state index contributed by atoms with van der Waals surface area (Å²) in [5, 5.41) is 0. The quantitative estimate of drug-likeness (QED) is 0.842. The molecule has 1 aromatic rings. The van der Waals surface area contributed by atoms with Gasteiger partial charge in [-0.05, 0) is 25.5 Å². The molecule has 1 atom stereocenters. The van der Waals surface area contributed by atoms with Crippen molar-refractivity contribution in [3.05, 3.63) is 35.4 Å². The summed E-state index contributed by atoms with van der Waals surface area (Å²) in [4.78, 5) is 0. The van der Waals surface area contributed by atoms with Crippen LogP contribution in [0.3, 0.4) is 0 Å². The number of hydrogen-bond donors (Lipinski definition) is 2. The van der Waals surface area contributed by atoms with E-state index in [1.165, 1.54) is 12.1 Å². The lowest BCUT2D eigenvalue weighted by Gasteiger charge is -2.12. The zero-order valence-corrected chi connectivity index (χ0v) is 9.07. The van der Waals surface area contributed by atoms with Crippen molar-refractivity contribution < 1.29 is 8.78 Å². The lowest BCUT2D eigenvalue weighted by Crippen LogP contribution is -2.14. The second-order valence-corrected chi connectivity index (χ2v) is 3.18. The van der Waals surface area contributed by atoms with Crippen LogP contribution in [0.4, 0.5) is 8.78 Å². The monoisotopic (exact) mass is 236 g/mol. The van der Waals surface area contributed by atoms with Crippen molar-refractivity contribution in [2.75, 3.05) is 6.54 Å². The fraction of sp³-hybridized carbons (Fsp3) is 0.400. The van der Waals surface area contributed by atoms with Gasteiger partial charge < -0.3 is 11.5 Å². The predicted octanol–water partition coefficient (Wildman–Crippen LogP) is 2.13. The van der Waals surface area contributed by atoms with E-state index in [-0.39, 0.29) is 18.0 Å². The van der Waals surface area contributed by atoms with Gasteiger partial charge in [0.15, 0.2) is 11.6 Å². The van der Waals surface area contributed by atoms with Gasteiger partial charge in [-0.2, -0.15) is 0 Å². The molecule has 1 aromatic carbocycles. The Morgan fingerprint density at radius 2 is 1.93 bits per heavy atom. The first-order valence-corrected chi connectivity index (χ1v) is 4.56. The van der Waals surface area contributed by atoms with Gasteiger partial charge in [0, 0.05) is 11.6 Å². The summed E-state index contributed by atoms with van der Waals surface area (Å²) < 4.78 is 26.0. The highest BCUT2D eigenvalue weighted by atomic mass is 35.5. The van der Waals surface area contributed by atoms with Crippen LogP contribution in [-0.4, -0.2) is 6.54 Å². The standard InChI is InChI=1S/C10H14F2N2.ClH/c11-8-4-1-3-7(10(8)12)9(14)5-2-6-13;/h1,3-4,9H,2,5-6,13-14H2;1H/t9-;/m1./s1. The molecule has 0 spiro atoms. The second kappa shape index (κ2) is 6.71. The Hall–Kier alpha value is -0.710. The first-order chi connectivity index (χ1) is 6.66. The molecule has 5 heteroatoms. The number of halogens is 3. The molecule has 0 radical (unpaired) electrons. The van der Waals surface area contributed by atoms with Crippen molar-refractivity contribution in [1.29, 1.82) is 0 Å². The van der Waals surface area contributed by atoms with Crippen LogP contribution >= 0.6 is 12.4 Å². The average molecular weight is 237 g/mol. The van der Waals surface area contributed by atoms with Crippen molar-refractivity contribution in [2.45, 2.75) is 18.9 Å². The van der Waals surface area contributed by atoms with E-state index in [4.69, 9.17) is 11.5 Å². The highest BCUT2D eigenvalue weighted by Gasteiger charge is 2.13. The van der Waals surface area contributed by atoms with Crippen LogP contribution in [0.2, 0.25) is 0 Å². The normalized spacial score (nSPS) is 12.0. The summed E-state index contributed by atoms with van der Waals surface area (Å²) in [6.07, 6.45) is 1.27. The summed E-state index contributed by atoms with van der Waals surface area (Å²) in [6.45, 7) is 0.505. The van der Waals surface area contributed by atoms with Crippen molar-refractivity contribution >= 4 is 12.4 Å². The predicted molar refractivity (Wildman–Crippen MR) is 58.8 cm³/mol. The van der Waals surface area contributed by atoms with E-state index < -0.39 is 17.7 Å². The van der Waals surface area contributed by atoms with Crippen LogP contribution < -0.4 is 11.5 Å². The van der Waals surface area contributed by atoms with Gasteiger partial charge in [-0.1, -0.05) is 12.1 Å². The van der Waals surface area contributed by atoms with Crippen molar-refractivity contribution in [1.82, 2.24) is 0 Å². The molecular formula is C10H15ClF2N2. The Balaban J connectivity index is 0.00000196. The summed E-state index contributed by atoms with van der Waals surface area (Å²) in [6, 6.07) is 3.55. The average Bonchev–Trinajstić information content (AvgIpc) is 2.18.